The van der Waals surface area contributed by atoms with Crippen molar-refractivity contribution >= 4 is 0 Å². The molecule has 2 atom stereocenters. The molecule has 0 saturated carbocycles. The third-order valence-corrected chi connectivity index (χ3v) is 5.52. The highest BCUT2D eigenvalue weighted by atomic mass is 16.5. The molecule has 2 heterocycles. The molecule has 3 aromatic rings. The second-order valence-corrected chi connectivity index (χ2v) is 8.22. The summed E-state index contributed by atoms with van der Waals surface area (Å²) < 4.78 is 13.3. The van der Waals surface area contributed by atoms with Crippen molar-refractivity contribution in [1.29, 1.82) is 5.26 Å². The molecular formula is C25H24N2O4. The molecule has 0 radical (unpaired) electrons. The number of rotatable bonds is 5. The number of fused-ring (bicyclic) bond motifs is 1. The van der Waals surface area contributed by atoms with Crippen LogP contribution >= 0.6 is 0 Å². The van der Waals surface area contributed by atoms with Gasteiger partial charge in [0.05, 0.1) is 30.9 Å². The molecule has 6 heteroatoms. The van der Waals surface area contributed by atoms with E-state index >= 15 is 0 Å². The third-order valence-electron chi connectivity index (χ3n) is 5.52. The highest BCUT2D eigenvalue weighted by Gasteiger charge is 2.44. The molecule has 0 saturated heterocycles. The highest BCUT2D eigenvalue weighted by Crippen LogP contribution is 2.41. The Morgan fingerprint density at radius 2 is 1.84 bits per heavy atom. The van der Waals surface area contributed by atoms with Crippen molar-refractivity contribution in [2.45, 2.75) is 44.8 Å². The van der Waals surface area contributed by atoms with Crippen LogP contribution in [-0.2, 0) is 18.0 Å². The van der Waals surface area contributed by atoms with Gasteiger partial charge in [-0.2, -0.15) is 5.26 Å². The minimum Gasteiger partial charge on any atom is -0.485 e. The summed E-state index contributed by atoms with van der Waals surface area (Å²) >= 11 is 0. The van der Waals surface area contributed by atoms with Gasteiger partial charge in [0.1, 0.15) is 17.5 Å². The van der Waals surface area contributed by atoms with Gasteiger partial charge in [0.25, 0.3) is 5.56 Å². The lowest BCUT2D eigenvalue weighted by atomic mass is 9.85. The van der Waals surface area contributed by atoms with E-state index in [4.69, 9.17) is 9.47 Å². The molecule has 0 spiro atoms. The number of benzene rings is 2. The van der Waals surface area contributed by atoms with Crippen LogP contribution in [0.15, 0.2) is 71.7 Å². The van der Waals surface area contributed by atoms with Gasteiger partial charge in [0.2, 0.25) is 0 Å². The van der Waals surface area contributed by atoms with Crippen molar-refractivity contribution in [3.05, 3.63) is 99.5 Å². The van der Waals surface area contributed by atoms with Crippen LogP contribution in [0.4, 0.5) is 0 Å². The summed E-state index contributed by atoms with van der Waals surface area (Å²) in [7, 11) is 0. The van der Waals surface area contributed by atoms with E-state index in [1.165, 1.54) is 10.6 Å². The number of aliphatic hydroxyl groups excluding tert-OH is 1. The van der Waals surface area contributed by atoms with Crippen molar-refractivity contribution in [2.75, 3.05) is 0 Å². The van der Waals surface area contributed by atoms with Crippen molar-refractivity contribution in [3.63, 3.8) is 0 Å². The van der Waals surface area contributed by atoms with Gasteiger partial charge < -0.3 is 19.1 Å². The molecule has 158 valence electrons. The fourth-order valence-electron chi connectivity index (χ4n) is 3.85. The minimum atomic E-state index is -0.993. The summed E-state index contributed by atoms with van der Waals surface area (Å²) in [4.78, 5) is 12.8. The summed E-state index contributed by atoms with van der Waals surface area (Å²) in [5, 5.41) is 20.4. The number of nitriles is 1. The van der Waals surface area contributed by atoms with E-state index in [9.17, 15) is 15.2 Å². The quantitative estimate of drug-likeness (QED) is 0.688. The van der Waals surface area contributed by atoms with Gasteiger partial charge >= 0.3 is 0 Å². The first-order valence-electron chi connectivity index (χ1n) is 10.1. The molecule has 1 aromatic heterocycles. The molecule has 6 nitrogen and oxygen atoms in total. The average Bonchev–Trinajstić information content (AvgIpc) is 2.76. The Morgan fingerprint density at radius 1 is 1.10 bits per heavy atom. The van der Waals surface area contributed by atoms with Gasteiger partial charge in [-0.15, -0.1) is 0 Å². The van der Waals surface area contributed by atoms with Crippen LogP contribution in [0.3, 0.4) is 0 Å². The van der Waals surface area contributed by atoms with E-state index in [1.807, 2.05) is 30.3 Å². The van der Waals surface area contributed by atoms with Gasteiger partial charge in [0.15, 0.2) is 0 Å². The van der Waals surface area contributed by atoms with Crippen molar-refractivity contribution in [1.82, 2.24) is 4.57 Å². The predicted octanol–water partition coefficient (Wildman–Crippen LogP) is 3.56. The van der Waals surface area contributed by atoms with Crippen LogP contribution in [0.2, 0.25) is 0 Å². The van der Waals surface area contributed by atoms with Crippen LogP contribution in [0.25, 0.3) is 0 Å². The maximum Gasteiger partial charge on any atom is 0.251 e. The zero-order chi connectivity index (χ0) is 22.0. The highest BCUT2D eigenvalue weighted by molar-refractivity contribution is 5.46. The maximum atomic E-state index is 12.8. The smallest absolute Gasteiger partial charge is 0.251 e. The van der Waals surface area contributed by atoms with Gasteiger partial charge in [-0.05, 0) is 49.2 Å². The normalized spacial score (nSPS) is 19.2. The van der Waals surface area contributed by atoms with E-state index in [2.05, 4.69) is 6.07 Å². The summed E-state index contributed by atoms with van der Waals surface area (Å²) in [6.07, 6.45) is 0.720. The second-order valence-electron chi connectivity index (χ2n) is 8.22. The third kappa shape index (κ3) is 4.24. The van der Waals surface area contributed by atoms with Crippen LogP contribution in [0.1, 0.15) is 42.1 Å². The van der Waals surface area contributed by atoms with E-state index in [1.54, 1.807) is 44.3 Å². The predicted molar refractivity (Wildman–Crippen MR) is 116 cm³/mol. The van der Waals surface area contributed by atoms with E-state index in [-0.39, 0.29) is 5.56 Å². The monoisotopic (exact) mass is 416 g/mol. The summed E-state index contributed by atoms with van der Waals surface area (Å²) in [6, 6.07) is 19.5. The van der Waals surface area contributed by atoms with Crippen LogP contribution < -0.4 is 10.3 Å². The van der Waals surface area contributed by atoms with Crippen LogP contribution in [0.5, 0.6) is 5.75 Å². The topological polar surface area (TPSA) is 84.5 Å². The van der Waals surface area contributed by atoms with E-state index in [0.29, 0.717) is 30.1 Å². The summed E-state index contributed by atoms with van der Waals surface area (Å²) in [6.45, 7) is 4.34. The lowest BCUT2D eigenvalue weighted by molar-refractivity contribution is -0.0643. The second kappa shape index (κ2) is 8.38. The van der Waals surface area contributed by atoms with Crippen molar-refractivity contribution < 1.29 is 14.6 Å². The number of hydrogen-bond acceptors (Lipinski definition) is 5. The summed E-state index contributed by atoms with van der Waals surface area (Å²) in [5.74, 6) is 0.553. The van der Waals surface area contributed by atoms with Crippen LogP contribution in [0, 0.1) is 11.3 Å². The molecule has 2 aromatic carbocycles. The van der Waals surface area contributed by atoms with Gasteiger partial charge in [-0.3, -0.25) is 4.79 Å². The van der Waals surface area contributed by atoms with Crippen molar-refractivity contribution in [2.24, 2.45) is 0 Å². The largest absolute Gasteiger partial charge is 0.485 e. The molecule has 1 aliphatic heterocycles. The van der Waals surface area contributed by atoms with E-state index in [0.717, 1.165) is 11.1 Å². The van der Waals surface area contributed by atoms with Crippen molar-refractivity contribution in [3.8, 4) is 11.8 Å². The molecule has 2 unspecified atom stereocenters. The Kier molecular flexibility index (Phi) is 5.64. The van der Waals surface area contributed by atoms with Gasteiger partial charge in [0, 0.05) is 17.8 Å². The van der Waals surface area contributed by atoms with Gasteiger partial charge in [-0.1, -0.05) is 30.3 Å². The number of pyridine rings is 1. The zero-order valence-electron chi connectivity index (χ0n) is 17.5. The first kappa shape index (κ1) is 20.9. The first-order chi connectivity index (χ1) is 14.9. The molecule has 31 heavy (non-hydrogen) atoms. The Balaban J connectivity index is 1.67. The summed E-state index contributed by atoms with van der Waals surface area (Å²) in [5.41, 5.74) is 1.76. The zero-order valence-corrected chi connectivity index (χ0v) is 17.5. The molecule has 1 N–H and O–H groups in total. The molecule has 0 bridgehead atoms. The molecule has 4 rings (SSSR count). The Morgan fingerprint density at radius 3 is 2.58 bits per heavy atom. The minimum absolute atomic E-state index is 0.248. The lowest BCUT2D eigenvalue weighted by Crippen LogP contribution is -2.52. The standard InChI is InChI=1S/C25H24N2O4/c1-25(2)24(29)23(20-12-18(13-26)8-10-21(20)31-25)27-14-19(9-11-22(27)28)16-30-15-17-6-4-3-5-7-17/h3-12,14,23-24,29H,15-16H2,1-2H3. The first-order valence-corrected chi connectivity index (χ1v) is 10.1. The van der Waals surface area contributed by atoms with Crippen LogP contribution in [-0.4, -0.2) is 21.4 Å². The number of nitrogens with zero attached hydrogens (tertiary/aromatic N) is 2. The van der Waals surface area contributed by atoms with E-state index < -0.39 is 17.7 Å². The molecule has 0 fully saturated rings. The molecule has 0 aliphatic carbocycles. The number of aromatic nitrogens is 1. The molecule has 1 aliphatic rings. The lowest BCUT2D eigenvalue weighted by Gasteiger charge is -2.42. The Hall–Kier alpha value is -3.40. The number of ether oxygens (including phenoxy) is 2. The average molecular weight is 416 g/mol. The fourth-order valence-corrected chi connectivity index (χ4v) is 3.85. The number of aliphatic hydroxyl groups is 1. The SMILES string of the molecule is CC1(C)Oc2ccc(C#N)cc2C(n2cc(COCc3ccccc3)ccc2=O)C1O. The van der Waals surface area contributed by atoms with Gasteiger partial charge in [-0.25, -0.2) is 0 Å². The molecule has 0 amide bonds. The Labute approximate surface area is 180 Å². The maximum absolute atomic E-state index is 12.8. The molecular weight excluding hydrogens is 392 g/mol. The number of hydrogen-bond donors (Lipinski definition) is 1. The Bertz CT molecular complexity index is 1180. The fraction of sp³-hybridized carbons (Fsp3) is 0.280.